The average Bonchev–Trinajstić information content (AvgIpc) is 3.09. The summed E-state index contributed by atoms with van der Waals surface area (Å²) in [5.41, 5.74) is 1.44. The molecular formula is C25H35N3O4S. The van der Waals surface area contributed by atoms with Gasteiger partial charge in [0.1, 0.15) is 10.6 Å². The van der Waals surface area contributed by atoms with Crippen LogP contribution in [0.1, 0.15) is 41.6 Å². The van der Waals surface area contributed by atoms with Crippen LogP contribution in [0.15, 0.2) is 53.4 Å². The molecule has 1 aliphatic rings. The Hall–Kier alpha value is -2.42. The van der Waals surface area contributed by atoms with Crippen molar-refractivity contribution in [2.45, 2.75) is 43.0 Å². The van der Waals surface area contributed by atoms with Crippen LogP contribution in [-0.2, 0) is 16.4 Å². The van der Waals surface area contributed by atoms with Gasteiger partial charge in [0.15, 0.2) is 0 Å². The maximum Gasteiger partial charge on any atom is 0.251 e. The first-order valence-corrected chi connectivity index (χ1v) is 12.9. The zero-order valence-electron chi connectivity index (χ0n) is 19.8. The topological polar surface area (TPSA) is 79.0 Å². The largest absolute Gasteiger partial charge is 0.495 e. The van der Waals surface area contributed by atoms with Gasteiger partial charge in [-0.2, -0.15) is 4.31 Å². The Morgan fingerprint density at radius 3 is 2.33 bits per heavy atom. The predicted molar refractivity (Wildman–Crippen MR) is 130 cm³/mol. The lowest BCUT2D eigenvalue weighted by Gasteiger charge is -2.24. The number of nitrogens with one attached hydrogen (secondary N) is 1. The van der Waals surface area contributed by atoms with Crippen molar-refractivity contribution in [3.63, 3.8) is 0 Å². The van der Waals surface area contributed by atoms with E-state index in [1.165, 1.54) is 17.5 Å². The van der Waals surface area contributed by atoms with Gasteiger partial charge in [-0.1, -0.05) is 43.2 Å². The fraction of sp³-hybridized carbons (Fsp3) is 0.480. The molecule has 33 heavy (non-hydrogen) atoms. The van der Waals surface area contributed by atoms with E-state index in [2.05, 4.69) is 5.32 Å². The van der Waals surface area contributed by atoms with Crippen LogP contribution < -0.4 is 10.1 Å². The summed E-state index contributed by atoms with van der Waals surface area (Å²) in [5.74, 6) is -0.0438. The minimum absolute atomic E-state index is 0.0479. The lowest BCUT2D eigenvalue weighted by molar-refractivity contribution is 0.0930. The Balaban J connectivity index is 1.85. The van der Waals surface area contributed by atoms with Gasteiger partial charge in [-0.25, -0.2) is 8.42 Å². The molecule has 0 bridgehead atoms. The van der Waals surface area contributed by atoms with Gasteiger partial charge >= 0.3 is 0 Å². The Bertz CT molecular complexity index is 1020. The summed E-state index contributed by atoms with van der Waals surface area (Å²) in [6.07, 6.45) is 4.42. The fourth-order valence-electron chi connectivity index (χ4n) is 4.21. The third kappa shape index (κ3) is 6.79. The summed E-state index contributed by atoms with van der Waals surface area (Å²) in [6, 6.07) is 14.5. The highest BCUT2D eigenvalue weighted by Gasteiger charge is 2.29. The molecular weight excluding hydrogens is 438 g/mol. The molecule has 3 rings (SSSR count). The van der Waals surface area contributed by atoms with Crippen LogP contribution in [-0.4, -0.2) is 70.4 Å². The number of methoxy groups -OCH3 is 1. The number of hydrogen-bond donors (Lipinski definition) is 1. The van der Waals surface area contributed by atoms with Crippen LogP contribution >= 0.6 is 0 Å². The van der Waals surface area contributed by atoms with Gasteiger partial charge < -0.3 is 15.0 Å². The number of ether oxygens (including phenoxy) is 1. The van der Waals surface area contributed by atoms with E-state index in [9.17, 15) is 13.2 Å². The van der Waals surface area contributed by atoms with E-state index in [-0.39, 0.29) is 22.6 Å². The second-order valence-corrected chi connectivity index (χ2v) is 10.7. The molecule has 0 saturated carbocycles. The summed E-state index contributed by atoms with van der Waals surface area (Å²) >= 11 is 0. The van der Waals surface area contributed by atoms with Gasteiger partial charge in [-0.3, -0.25) is 4.79 Å². The number of amides is 1. The maximum absolute atomic E-state index is 13.4. The predicted octanol–water partition coefficient (Wildman–Crippen LogP) is 3.16. The molecule has 2 aromatic carbocycles. The zero-order chi connectivity index (χ0) is 23.8. The van der Waals surface area contributed by atoms with Crippen molar-refractivity contribution in [2.75, 3.05) is 40.8 Å². The van der Waals surface area contributed by atoms with Crippen LogP contribution in [0.25, 0.3) is 0 Å². The van der Waals surface area contributed by atoms with Crippen LogP contribution in [0.5, 0.6) is 5.75 Å². The molecule has 8 heteroatoms. The number of rotatable bonds is 9. The number of sulfonamides is 1. The molecule has 0 radical (unpaired) electrons. The van der Waals surface area contributed by atoms with Crippen molar-refractivity contribution in [1.29, 1.82) is 0 Å². The van der Waals surface area contributed by atoms with E-state index in [1.807, 2.05) is 49.3 Å². The number of nitrogens with zero attached hydrogens (tertiary/aromatic N) is 2. The summed E-state index contributed by atoms with van der Waals surface area (Å²) in [5, 5.41) is 3.09. The van der Waals surface area contributed by atoms with Crippen LogP contribution in [0.2, 0.25) is 0 Å². The van der Waals surface area contributed by atoms with Crippen LogP contribution in [0, 0.1) is 0 Å². The molecule has 0 aliphatic carbocycles. The quantitative estimate of drug-likeness (QED) is 0.605. The number of carbonyl (C=O) groups is 1. The third-order valence-electron chi connectivity index (χ3n) is 5.85. The van der Waals surface area contributed by atoms with Crippen LogP contribution in [0.3, 0.4) is 0 Å². The third-order valence-corrected chi connectivity index (χ3v) is 7.77. The summed E-state index contributed by atoms with van der Waals surface area (Å²) in [7, 11) is 1.61. The Kier molecular flexibility index (Phi) is 8.88. The smallest absolute Gasteiger partial charge is 0.251 e. The van der Waals surface area contributed by atoms with E-state index < -0.39 is 10.0 Å². The summed E-state index contributed by atoms with van der Waals surface area (Å²) in [4.78, 5) is 15.2. The summed E-state index contributed by atoms with van der Waals surface area (Å²) in [6.45, 7) is 1.64. The van der Waals surface area contributed by atoms with Gasteiger partial charge in [-0.15, -0.1) is 0 Å². The standard InChI is InChI=1S/C25H35N3O4S/c1-27(2)19-22(17-20-11-7-6-8-12-20)26-25(29)21-13-14-23(32-3)24(18-21)33(30,31)28-15-9-4-5-10-16-28/h6-8,11-14,18,22H,4-5,9-10,15-17,19H2,1-3H3,(H,26,29). The molecule has 180 valence electrons. The van der Waals surface area contributed by atoms with Crippen molar-refractivity contribution >= 4 is 15.9 Å². The van der Waals surface area contributed by atoms with Gasteiger partial charge in [0.25, 0.3) is 5.91 Å². The van der Waals surface area contributed by atoms with E-state index in [4.69, 9.17) is 4.74 Å². The molecule has 0 spiro atoms. The first-order valence-electron chi connectivity index (χ1n) is 11.5. The first-order chi connectivity index (χ1) is 15.8. The monoisotopic (exact) mass is 473 g/mol. The molecule has 1 amide bonds. The van der Waals surface area contributed by atoms with E-state index in [1.54, 1.807) is 12.1 Å². The molecule has 1 aliphatic heterocycles. The maximum atomic E-state index is 13.4. The average molecular weight is 474 g/mol. The van der Waals surface area contributed by atoms with E-state index >= 15 is 0 Å². The minimum Gasteiger partial charge on any atom is -0.495 e. The number of carbonyl (C=O) groups excluding carboxylic acids is 1. The van der Waals surface area contributed by atoms with Crippen molar-refractivity contribution in [3.8, 4) is 5.75 Å². The molecule has 1 N–H and O–H groups in total. The van der Waals surface area contributed by atoms with Crippen molar-refractivity contribution in [1.82, 2.24) is 14.5 Å². The molecule has 1 saturated heterocycles. The first kappa shape index (κ1) is 25.2. The Labute approximate surface area is 197 Å². The lowest BCUT2D eigenvalue weighted by Crippen LogP contribution is -2.43. The summed E-state index contributed by atoms with van der Waals surface area (Å²) < 4.78 is 33.7. The van der Waals surface area contributed by atoms with Crippen LogP contribution in [0.4, 0.5) is 0 Å². The molecule has 1 unspecified atom stereocenters. The van der Waals surface area contributed by atoms with Crippen molar-refractivity contribution in [3.05, 3.63) is 59.7 Å². The van der Waals surface area contributed by atoms with Gasteiger partial charge in [-0.05, 0) is 57.1 Å². The molecule has 1 heterocycles. The normalized spacial score (nSPS) is 16.2. The highest BCUT2D eigenvalue weighted by Crippen LogP contribution is 2.29. The van der Waals surface area contributed by atoms with Gasteiger partial charge in [0, 0.05) is 31.2 Å². The minimum atomic E-state index is -3.76. The number of hydrogen-bond acceptors (Lipinski definition) is 5. The molecule has 1 atom stereocenters. The van der Waals surface area contributed by atoms with Crippen molar-refractivity contribution in [2.24, 2.45) is 0 Å². The zero-order valence-corrected chi connectivity index (χ0v) is 20.6. The molecule has 0 aromatic heterocycles. The number of benzene rings is 2. The Morgan fingerprint density at radius 2 is 1.73 bits per heavy atom. The molecule has 7 nitrogen and oxygen atoms in total. The Morgan fingerprint density at radius 1 is 1.06 bits per heavy atom. The van der Waals surface area contributed by atoms with E-state index in [0.717, 1.165) is 31.2 Å². The molecule has 2 aromatic rings. The van der Waals surface area contributed by atoms with Gasteiger partial charge in [0.05, 0.1) is 7.11 Å². The molecule has 1 fully saturated rings. The van der Waals surface area contributed by atoms with Gasteiger partial charge in [0.2, 0.25) is 10.0 Å². The number of likely N-dealkylation sites (N-methyl/N-ethyl adjacent to an activating group) is 1. The lowest BCUT2D eigenvalue weighted by atomic mass is 10.0. The second-order valence-electron chi connectivity index (χ2n) is 8.81. The SMILES string of the molecule is COc1ccc(C(=O)NC(Cc2ccccc2)CN(C)C)cc1S(=O)(=O)N1CCCCCC1. The van der Waals surface area contributed by atoms with Crippen molar-refractivity contribution < 1.29 is 17.9 Å². The fourth-order valence-corrected chi connectivity index (χ4v) is 5.91. The second kappa shape index (κ2) is 11.6. The van der Waals surface area contributed by atoms with E-state index in [0.29, 0.717) is 31.6 Å². The highest BCUT2D eigenvalue weighted by atomic mass is 32.2. The highest BCUT2D eigenvalue weighted by molar-refractivity contribution is 7.89.